The van der Waals surface area contributed by atoms with Crippen molar-refractivity contribution in [3.05, 3.63) is 36.4 Å². The number of likely N-dealkylation sites (tertiary alicyclic amines) is 1. The molecule has 0 radical (unpaired) electrons. The molecule has 3 heterocycles. The second kappa shape index (κ2) is 7.16. The number of aryl methyl sites for hydroxylation is 1. The first-order valence-electron chi connectivity index (χ1n) is 8.77. The Morgan fingerprint density at radius 3 is 2.67 bits per heavy atom. The predicted molar refractivity (Wildman–Crippen MR) is 94.3 cm³/mol. The third-order valence-electron chi connectivity index (χ3n) is 4.84. The highest BCUT2D eigenvalue weighted by Crippen LogP contribution is 2.25. The monoisotopic (exact) mass is 326 g/mol. The van der Waals surface area contributed by atoms with E-state index in [1.807, 2.05) is 37.2 Å². The Morgan fingerprint density at radius 2 is 2.04 bits per heavy atom. The maximum absolute atomic E-state index is 12.1. The summed E-state index contributed by atoms with van der Waals surface area (Å²) in [6.45, 7) is 8.76. The summed E-state index contributed by atoms with van der Waals surface area (Å²) in [5, 5.41) is 0. The number of pyridine rings is 1. The molecule has 24 heavy (non-hydrogen) atoms. The average Bonchev–Trinajstić information content (AvgIpc) is 2.96. The van der Waals surface area contributed by atoms with E-state index in [9.17, 15) is 4.79 Å². The molecule has 5 nitrogen and oxygen atoms in total. The van der Waals surface area contributed by atoms with Crippen LogP contribution >= 0.6 is 0 Å². The highest BCUT2D eigenvalue weighted by atomic mass is 16.2. The fraction of sp³-hybridized carbons (Fsp3) is 0.526. The highest BCUT2D eigenvalue weighted by Gasteiger charge is 2.25. The molecule has 1 aliphatic heterocycles. The van der Waals surface area contributed by atoms with E-state index in [1.54, 1.807) is 6.20 Å². The standard InChI is InChI=1S/C19H26N4O/c1-14(2)19(24)22-9-6-16(7-10-22)13-23-15(3)11-21-18(23)17-5-4-8-20-12-17/h4-5,8,11-12,14,16H,6-7,9-10,13H2,1-3H3. The molecule has 0 aliphatic carbocycles. The number of carbonyl (C=O) groups is 1. The fourth-order valence-corrected chi connectivity index (χ4v) is 3.38. The zero-order valence-electron chi connectivity index (χ0n) is 14.8. The smallest absolute Gasteiger partial charge is 0.225 e. The topological polar surface area (TPSA) is 51.0 Å². The Balaban J connectivity index is 1.68. The van der Waals surface area contributed by atoms with Gasteiger partial charge in [-0.25, -0.2) is 4.98 Å². The Bertz CT molecular complexity index is 685. The highest BCUT2D eigenvalue weighted by molar-refractivity contribution is 5.78. The normalized spacial score (nSPS) is 15.9. The molecule has 128 valence electrons. The minimum atomic E-state index is 0.0922. The Morgan fingerprint density at radius 1 is 1.29 bits per heavy atom. The van der Waals surface area contributed by atoms with Crippen LogP contribution in [0, 0.1) is 18.8 Å². The molecule has 0 spiro atoms. The third-order valence-corrected chi connectivity index (χ3v) is 4.84. The van der Waals surface area contributed by atoms with Gasteiger partial charge in [0.2, 0.25) is 5.91 Å². The van der Waals surface area contributed by atoms with Crippen LogP contribution in [-0.4, -0.2) is 38.4 Å². The van der Waals surface area contributed by atoms with E-state index in [-0.39, 0.29) is 11.8 Å². The van der Waals surface area contributed by atoms with Crippen molar-refractivity contribution in [2.75, 3.05) is 13.1 Å². The van der Waals surface area contributed by atoms with Crippen molar-refractivity contribution in [3.63, 3.8) is 0 Å². The maximum Gasteiger partial charge on any atom is 0.225 e. The molecule has 0 N–H and O–H groups in total. The molecule has 2 aromatic heterocycles. The lowest BCUT2D eigenvalue weighted by Crippen LogP contribution is -2.41. The first kappa shape index (κ1) is 16.7. The van der Waals surface area contributed by atoms with Crippen molar-refractivity contribution in [2.45, 2.75) is 40.2 Å². The maximum atomic E-state index is 12.1. The molecule has 1 amide bonds. The zero-order chi connectivity index (χ0) is 17.1. The molecule has 1 saturated heterocycles. The first-order valence-corrected chi connectivity index (χ1v) is 8.77. The van der Waals surface area contributed by atoms with E-state index >= 15 is 0 Å². The summed E-state index contributed by atoms with van der Waals surface area (Å²) in [6, 6.07) is 3.99. The Kier molecular flexibility index (Phi) is 4.97. The number of imidazole rings is 1. The molecular formula is C19H26N4O. The van der Waals surface area contributed by atoms with Crippen LogP contribution in [0.15, 0.2) is 30.7 Å². The van der Waals surface area contributed by atoms with Crippen LogP contribution in [0.1, 0.15) is 32.4 Å². The Labute approximate surface area is 143 Å². The number of piperidine rings is 1. The molecule has 5 heteroatoms. The molecule has 0 bridgehead atoms. The van der Waals surface area contributed by atoms with Crippen molar-refractivity contribution < 1.29 is 4.79 Å². The van der Waals surface area contributed by atoms with E-state index in [0.717, 1.165) is 43.9 Å². The van der Waals surface area contributed by atoms with Crippen LogP contribution in [0.2, 0.25) is 0 Å². The van der Waals surface area contributed by atoms with E-state index in [0.29, 0.717) is 5.92 Å². The van der Waals surface area contributed by atoms with Gasteiger partial charge in [0.1, 0.15) is 5.82 Å². The molecule has 1 fully saturated rings. The summed E-state index contributed by atoms with van der Waals surface area (Å²) in [5.74, 6) is 1.95. The zero-order valence-corrected chi connectivity index (χ0v) is 14.8. The van der Waals surface area contributed by atoms with Gasteiger partial charge in [0, 0.05) is 55.4 Å². The van der Waals surface area contributed by atoms with Crippen LogP contribution in [0.4, 0.5) is 0 Å². The van der Waals surface area contributed by atoms with Gasteiger partial charge in [-0.15, -0.1) is 0 Å². The SMILES string of the molecule is Cc1cnc(-c2cccnc2)n1CC1CCN(C(=O)C(C)C)CC1. The summed E-state index contributed by atoms with van der Waals surface area (Å²) in [4.78, 5) is 22.9. The summed E-state index contributed by atoms with van der Waals surface area (Å²) < 4.78 is 2.29. The number of nitrogens with zero attached hydrogens (tertiary/aromatic N) is 4. The van der Waals surface area contributed by atoms with Gasteiger partial charge in [0.25, 0.3) is 0 Å². The molecule has 0 aromatic carbocycles. The van der Waals surface area contributed by atoms with Crippen molar-refractivity contribution >= 4 is 5.91 Å². The lowest BCUT2D eigenvalue weighted by Gasteiger charge is -2.33. The van der Waals surface area contributed by atoms with Crippen LogP contribution in [0.25, 0.3) is 11.4 Å². The number of aromatic nitrogens is 3. The predicted octanol–water partition coefficient (Wildman–Crippen LogP) is 3.15. The van der Waals surface area contributed by atoms with Crippen LogP contribution in [0.5, 0.6) is 0 Å². The summed E-state index contributed by atoms with van der Waals surface area (Å²) >= 11 is 0. The quantitative estimate of drug-likeness (QED) is 0.867. The number of amides is 1. The molecule has 0 unspecified atom stereocenters. The summed E-state index contributed by atoms with van der Waals surface area (Å²) in [7, 11) is 0. The van der Waals surface area contributed by atoms with Crippen molar-refractivity contribution in [1.29, 1.82) is 0 Å². The van der Waals surface area contributed by atoms with Crippen molar-refractivity contribution in [2.24, 2.45) is 11.8 Å². The van der Waals surface area contributed by atoms with Gasteiger partial charge in [0.15, 0.2) is 0 Å². The lowest BCUT2D eigenvalue weighted by molar-refractivity contribution is -0.135. The molecule has 2 aromatic rings. The summed E-state index contributed by atoms with van der Waals surface area (Å²) in [6.07, 6.45) is 7.69. The second-order valence-electron chi connectivity index (χ2n) is 7.00. The van der Waals surface area contributed by atoms with Gasteiger partial charge in [-0.1, -0.05) is 13.8 Å². The first-order chi connectivity index (χ1) is 11.6. The van der Waals surface area contributed by atoms with E-state index in [1.165, 1.54) is 5.69 Å². The van der Waals surface area contributed by atoms with Crippen LogP contribution in [0.3, 0.4) is 0 Å². The van der Waals surface area contributed by atoms with Crippen LogP contribution < -0.4 is 0 Å². The largest absolute Gasteiger partial charge is 0.342 e. The Hall–Kier alpha value is -2.17. The van der Waals surface area contributed by atoms with E-state index in [4.69, 9.17) is 0 Å². The van der Waals surface area contributed by atoms with E-state index < -0.39 is 0 Å². The van der Waals surface area contributed by atoms with Crippen molar-refractivity contribution in [3.8, 4) is 11.4 Å². The third kappa shape index (κ3) is 3.50. The minimum Gasteiger partial charge on any atom is -0.342 e. The number of hydrogen-bond acceptors (Lipinski definition) is 3. The second-order valence-corrected chi connectivity index (χ2v) is 7.00. The van der Waals surface area contributed by atoms with Gasteiger partial charge in [0.05, 0.1) is 0 Å². The molecule has 0 atom stereocenters. The molecule has 1 aliphatic rings. The summed E-state index contributed by atoms with van der Waals surface area (Å²) in [5.41, 5.74) is 2.23. The molecule has 0 saturated carbocycles. The fourth-order valence-electron chi connectivity index (χ4n) is 3.38. The lowest BCUT2D eigenvalue weighted by atomic mass is 9.95. The van der Waals surface area contributed by atoms with Gasteiger partial charge in [-0.3, -0.25) is 9.78 Å². The van der Waals surface area contributed by atoms with Crippen molar-refractivity contribution in [1.82, 2.24) is 19.4 Å². The average molecular weight is 326 g/mol. The molecule has 3 rings (SSSR count). The van der Waals surface area contributed by atoms with Gasteiger partial charge in [-0.2, -0.15) is 0 Å². The van der Waals surface area contributed by atoms with Gasteiger partial charge >= 0.3 is 0 Å². The van der Waals surface area contributed by atoms with Crippen LogP contribution in [-0.2, 0) is 11.3 Å². The number of rotatable bonds is 4. The molecular weight excluding hydrogens is 300 g/mol. The van der Waals surface area contributed by atoms with Gasteiger partial charge < -0.3 is 9.47 Å². The minimum absolute atomic E-state index is 0.0922. The van der Waals surface area contributed by atoms with E-state index in [2.05, 4.69) is 27.5 Å². The van der Waals surface area contributed by atoms with Gasteiger partial charge in [-0.05, 0) is 37.8 Å². The number of carbonyl (C=O) groups excluding carboxylic acids is 1. The number of hydrogen-bond donors (Lipinski definition) is 0.